The van der Waals surface area contributed by atoms with Crippen LogP contribution in [0.4, 0.5) is 4.39 Å². The molecule has 3 heteroatoms. The average Bonchev–Trinajstić information content (AvgIpc) is 2.83. The molecule has 1 aliphatic rings. The lowest BCUT2D eigenvalue weighted by molar-refractivity contribution is 0.176. The molecule has 2 unspecified atom stereocenters. The summed E-state index contributed by atoms with van der Waals surface area (Å²) in [6.45, 7) is 4.70. The van der Waals surface area contributed by atoms with E-state index in [0.29, 0.717) is 5.92 Å². The van der Waals surface area contributed by atoms with Crippen molar-refractivity contribution in [1.29, 1.82) is 0 Å². The molecule has 1 aliphatic heterocycles. The van der Waals surface area contributed by atoms with Crippen molar-refractivity contribution in [2.75, 3.05) is 19.8 Å². The van der Waals surface area contributed by atoms with Gasteiger partial charge in [0.2, 0.25) is 0 Å². The molecule has 0 aromatic heterocycles. The highest BCUT2D eigenvalue weighted by atomic mass is 19.1. The molecule has 1 aromatic rings. The molecule has 0 bridgehead atoms. The van der Waals surface area contributed by atoms with Gasteiger partial charge < -0.3 is 10.1 Å². The van der Waals surface area contributed by atoms with Crippen molar-refractivity contribution in [1.82, 2.24) is 5.32 Å². The maximum Gasteiger partial charge on any atom is 0.123 e. The minimum absolute atomic E-state index is 0.162. The summed E-state index contributed by atoms with van der Waals surface area (Å²) in [6.07, 6.45) is 2.14. The standard InChI is InChI=1S/C14H20FNO/c1-2-7-16-14(12-6-8-17-10-12)11-4-3-5-13(15)9-11/h3-5,9,12,14,16H,2,6-8,10H2,1H3. The van der Waals surface area contributed by atoms with E-state index in [1.807, 2.05) is 6.07 Å². The molecule has 0 spiro atoms. The number of rotatable bonds is 5. The third-order valence-electron chi connectivity index (χ3n) is 3.26. The number of hydrogen-bond acceptors (Lipinski definition) is 2. The lowest BCUT2D eigenvalue weighted by atomic mass is 9.92. The molecule has 0 saturated carbocycles. The topological polar surface area (TPSA) is 21.3 Å². The summed E-state index contributed by atoms with van der Waals surface area (Å²) in [5, 5.41) is 3.51. The van der Waals surface area contributed by atoms with Crippen molar-refractivity contribution in [2.45, 2.75) is 25.8 Å². The highest BCUT2D eigenvalue weighted by Crippen LogP contribution is 2.29. The van der Waals surface area contributed by atoms with Crippen LogP contribution in [0.5, 0.6) is 0 Å². The Labute approximate surface area is 102 Å². The predicted octanol–water partition coefficient (Wildman–Crippen LogP) is 2.90. The molecule has 0 radical (unpaired) electrons. The van der Waals surface area contributed by atoms with Gasteiger partial charge in [0.25, 0.3) is 0 Å². The van der Waals surface area contributed by atoms with Gasteiger partial charge in [-0.3, -0.25) is 0 Å². The van der Waals surface area contributed by atoms with Gasteiger partial charge in [-0.1, -0.05) is 19.1 Å². The van der Waals surface area contributed by atoms with Crippen LogP contribution in [-0.2, 0) is 4.74 Å². The largest absolute Gasteiger partial charge is 0.381 e. The quantitative estimate of drug-likeness (QED) is 0.850. The first-order valence-corrected chi connectivity index (χ1v) is 6.38. The van der Waals surface area contributed by atoms with Crippen molar-refractivity contribution in [3.05, 3.63) is 35.6 Å². The Morgan fingerprint density at radius 2 is 2.41 bits per heavy atom. The van der Waals surface area contributed by atoms with Gasteiger partial charge in [0, 0.05) is 18.6 Å². The Kier molecular flexibility index (Phi) is 4.51. The van der Waals surface area contributed by atoms with Crippen LogP contribution >= 0.6 is 0 Å². The van der Waals surface area contributed by atoms with E-state index in [1.165, 1.54) is 6.07 Å². The minimum atomic E-state index is -0.162. The van der Waals surface area contributed by atoms with Gasteiger partial charge in [-0.05, 0) is 37.1 Å². The molecule has 1 heterocycles. The number of hydrogen-bond donors (Lipinski definition) is 1. The zero-order valence-corrected chi connectivity index (χ0v) is 10.3. The van der Waals surface area contributed by atoms with Crippen LogP contribution in [0.25, 0.3) is 0 Å². The Morgan fingerprint density at radius 3 is 3.06 bits per heavy atom. The SMILES string of the molecule is CCCNC(c1cccc(F)c1)C1CCOC1. The first-order chi connectivity index (χ1) is 8.31. The third kappa shape index (κ3) is 3.27. The summed E-state index contributed by atoms with van der Waals surface area (Å²) in [7, 11) is 0. The number of ether oxygens (including phenoxy) is 1. The lowest BCUT2D eigenvalue weighted by Crippen LogP contribution is -2.29. The van der Waals surface area contributed by atoms with Crippen LogP contribution in [0, 0.1) is 11.7 Å². The van der Waals surface area contributed by atoms with E-state index >= 15 is 0 Å². The predicted molar refractivity (Wildman–Crippen MR) is 66.4 cm³/mol. The van der Waals surface area contributed by atoms with E-state index in [-0.39, 0.29) is 11.9 Å². The van der Waals surface area contributed by atoms with Crippen molar-refractivity contribution < 1.29 is 9.13 Å². The van der Waals surface area contributed by atoms with Gasteiger partial charge in [-0.25, -0.2) is 4.39 Å². The number of nitrogens with one attached hydrogen (secondary N) is 1. The van der Waals surface area contributed by atoms with E-state index in [4.69, 9.17) is 4.74 Å². The molecule has 1 N–H and O–H groups in total. The van der Waals surface area contributed by atoms with E-state index in [9.17, 15) is 4.39 Å². The van der Waals surface area contributed by atoms with Gasteiger partial charge in [0.15, 0.2) is 0 Å². The van der Waals surface area contributed by atoms with Crippen LogP contribution in [0.2, 0.25) is 0 Å². The van der Waals surface area contributed by atoms with Crippen LogP contribution in [0.1, 0.15) is 31.4 Å². The van der Waals surface area contributed by atoms with Crippen LogP contribution in [-0.4, -0.2) is 19.8 Å². The fourth-order valence-electron chi connectivity index (χ4n) is 2.37. The second kappa shape index (κ2) is 6.12. The van der Waals surface area contributed by atoms with Gasteiger partial charge >= 0.3 is 0 Å². The molecule has 2 nitrogen and oxygen atoms in total. The van der Waals surface area contributed by atoms with Gasteiger partial charge in [-0.2, -0.15) is 0 Å². The molecule has 2 atom stereocenters. The zero-order valence-electron chi connectivity index (χ0n) is 10.3. The maximum absolute atomic E-state index is 13.3. The first kappa shape index (κ1) is 12.5. The highest BCUT2D eigenvalue weighted by Gasteiger charge is 2.26. The second-order valence-electron chi connectivity index (χ2n) is 4.61. The molecule has 17 heavy (non-hydrogen) atoms. The molecule has 0 amide bonds. The van der Waals surface area contributed by atoms with Crippen molar-refractivity contribution in [3.63, 3.8) is 0 Å². The Hall–Kier alpha value is -0.930. The first-order valence-electron chi connectivity index (χ1n) is 6.38. The Balaban J connectivity index is 2.13. The molecule has 94 valence electrons. The average molecular weight is 237 g/mol. The van der Waals surface area contributed by atoms with Crippen LogP contribution in [0.3, 0.4) is 0 Å². The van der Waals surface area contributed by atoms with Crippen molar-refractivity contribution in [2.24, 2.45) is 5.92 Å². The van der Waals surface area contributed by atoms with Crippen LogP contribution < -0.4 is 5.32 Å². The molecular weight excluding hydrogens is 217 g/mol. The normalized spacial score (nSPS) is 21.6. The Morgan fingerprint density at radius 1 is 1.53 bits per heavy atom. The fourth-order valence-corrected chi connectivity index (χ4v) is 2.37. The smallest absolute Gasteiger partial charge is 0.123 e. The maximum atomic E-state index is 13.3. The summed E-state index contributed by atoms with van der Waals surface area (Å²) >= 11 is 0. The lowest BCUT2D eigenvalue weighted by Gasteiger charge is -2.24. The molecule has 2 rings (SSSR count). The molecule has 1 saturated heterocycles. The zero-order chi connectivity index (χ0) is 12.1. The molecule has 1 aromatic carbocycles. The summed E-state index contributed by atoms with van der Waals surface area (Å²) < 4.78 is 18.7. The summed E-state index contributed by atoms with van der Waals surface area (Å²) in [5.41, 5.74) is 1.04. The van der Waals surface area contributed by atoms with Crippen molar-refractivity contribution >= 4 is 0 Å². The minimum Gasteiger partial charge on any atom is -0.381 e. The van der Waals surface area contributed by atoms with Crippen LogP contribution in [0.15, 0.2) is 24.3 Å². The van der Waals surface area contributed by atoms with E-state index in [2.05, 4.69) is 12.2 Å². The monoisotopic (exact) mass is 237 g/mol. The number of halogens is 1. The second-order valence-corrected chi connectivity index (χ2v) is 4.61. The highest BCUT2D eigenvalue weighted by molar-refractivity contribution is 5.21. The summed E-state index contributed by atoms with van der Waals surface area (Å²) in [6, 6.07) is 7.11. The van der Waals surface area contributed by atoms with Gasteiger partial charge in [0.05, 0.1) is 6.61 Å². The van der Waals surface area contributed by atoms with Gasteiger partial charge in [-0.15, -0.1) is 0 Å². The molecule has 0 aliphatic carbocycles. The Bertz CT molecular complexity index is 350. The summed E-state index contributed by atoms with van der Waals surface area (Å²) in [4.78, 5) is 0. The fraction of sp³-hybridized carbons (Fsp3) is 0.571. The van der Waals surface area contributed by atoms with Crippen molar-refractivity contribution in [3.8, 4) is 0 Å². The molecular formula is C14H20FNO. The third-order valence-corrected chi connectivity index (χ3v) is 3.26. The van der Waals surface area contributed by atoms with E-state index in [1.54, 1.807) is 12.1 Å². The molecule has 1 fully saturated rings. The summed E-state index contributed by atoms with van der Waals surface area (Å²) in [5.74, 6) is 0.299. The van der Waals surface area contributed by atoms with Gasteiger partial charge in [0.1, 0.15) is 5.82 Å². The van der Waals surface area contributed by atoms with E-state index < -0.39 is 0 Å². The number of benzene rings is 1. The van der Waals surface area contributed by atoms with E-state index in [0.717, 1.165) is 38.2 Å².